The lowest BCUT2D eigenvalue weighted by molar-refractivity contribution is 0.170. The van der Waals surface area contributed by atoms with Crippen LogP contribution in [0.1, 0.15) is 11.1 Å². The summed E-state index contributed by atoms with van der Waals surface area (Å²) in [6, 6.07) is 7.57. The van der Waals surface area contributed by atoms with Crippen LogP contribution in [0, 0.1) is 11.8 Å². The number of hydrogen-bond donors (Lipinski definition) is 2. The standard InChI is InChI=1S/C12H14N2O2/c1-16-12(15)14-9-11-6-4-10(5-7-11)3-2-8-13/h4-7H,8-9,13H2,1H3,(H,14,15). The molecule has 4 heteroatoms. The number of benzene rings is 1. The summed E-state index contributed by atoms with van der Waals surface area (Å²) in [5.41, 5.74) is 7.17. The number of nitrogens with two attached hydrogens (primary N) is 1. The molecule has 0 bridgehead atoms. The van der Waals surface area contributed by atoms with E-state index in [1.807, 2.05) is 24.3 Å². The predicted molar refractivity (Wildman–Crippen MR) is 61.6 cm³/mol. The lowest BCUT2D eigenvalue weighted by Gasteiger charge is -2.03. The second kappa shape index (κ2) is 6.49. The van der Waals surface area contributed by atoms with Crippen LogP contribution < -0.4 is 11.1 Å². The fourth-order valence-corrected chi connectivity index (χ4v) is 1.11. The van der Waals surface area contributed by atoms with Gasteiger partial charge in [0.1, 0.15) is 0 Å². The first-order valence-electron chi connectivity index (χ1n) is 4.86. The van der Waals surface area contributed by atoms with Gasteiger partial charge in [-0.05, 0) is 17.7 Å². The molecule has 84 valence electrons. The highest BCUT2D eigenvalue weighted by atomic mass is 16.5. The summed E-state index contributed by atoms with van der Waals surface area (Å²) in [7, 11) is 1.33. The van der Waals surface area contributed by atoms with E-state index >= 15 is 0 Å². The van der Waals surface area contributed by atoms with E-state index in [9.17, 15) is 4.79 Å². The maximum Gasteiger partial charge on any atom is 0.407 e. The molecule has 0 aliphatic rings. The van der Waals surface area contributed by atoms with Crippen LogP contribution in [0.4, 0.5) is 4.79 Å². The summed E-state index contributed by atoms with van der Waals surface area (Å²) in [6.45, 7) is 0.795. The molecular weight excluding hydrogens is 204 g/mol. The largest absolute Gasteiger partial charge is 0.453 e. The highest BCUT2D eigenvalue weighted by Crippen LogP contribution is 2.02. The summed E-state index contributed by atoms with van der Waals surface area (Å²) < 4.78 is 4.46. The number of methoxy groups -OCH3 is 1. The van der Waals surface area contributed by atoms with Crippen molar-refractivity contribution in [3.8, 4) is 11.8 Å². The molecule has 0 atom stereocenters. The van der Waals surface area contributed by atoms with Crippen molar-refractivity contribution in [3.63, 3.8) is 0 Å². The van der Waals surface area contributed by atoms with E-state index in [1.54, 1.807) is 0 Å². The zero-order valence-corrected chi connectivity index (χ0v) is 9.12. The minimum absolute atomic E-state index is 0.353. The first-order chi connectivity index (χ1) is 7.76. The molecule has 0 saturated heterocycles. The second-order valence-electron chi connectivity index (χ2n) is 3.05. The summed E-state index contributed by atoms with van der Waals surface area (Å²) in [6.07, 6.45) is -0.438. The molecule has 1 rings (SSSR count). The van der Waals surface area contributed by atoms with Crippen LogP contribution in [-0.4, -0.2) is 19.7 Å². The number of amides is 1. The first-order valence-corrected chi connectivity index (χ1v) is 4.86. The molecule has 3 N–H and O–H groups in total. The predicted octanol–water partition coefficient (Wildman–Crippen LogP) is 0.853. The van der Waals surface area contributed by atoms with Crippen LogP contribution in [0.5, 0.6) is 0 Å². The number of alkyl carbamates (subject to hydrolysis) is 1. The molecule has 0 spiro atoms. The molecular formula is C12H14N2O2. The van der Waals surface area contributed by atoms with Gasteiger partial charge in [0.25, 0.3) is 0 Å². The Bertz CT molecular complexity index is 401. The van der Waals surface area contributed by atoms with Crippen LogP contribution in [0.25, 0.3) is 0 Å². The Morgan fingerprint density at radius 2 is 2.12 bits per heavy atom. The van der Waals surface area contributed by atoms with Crippen molar-refractivity contribution in [2.24, 2.45) is 5.73 Å². The fourth-order valence-electron chi connectivity index (χ4n) is 1.11. The maximum absolute atomic E-state index is 10.8. The van der Waals surface area contributed by atoms with Gasteiger partial charge in [-0.25, -0.2) is 4.79 Å². The molecule has 1 aromatic rings. The third-order valence-corrected chi connectivity index (χ3v) is 1.91. The van der Waals surface area contributed by atoms with Crippen LogP contribution >= 0.6 is 0 Å². The molecule has 0 aliphatic carbocycles. The van der Waals surface area contributed by atoms with Crippen LogP contribution in [-0.2, 0) is 11.3 Å². The Kier molecular flexibility index (Phi) is 4.90. The highest BCUT2D eigenvalue weighted by molar-refractivity contribution is 5.66. The van der Waals surface area contributed by atoms with Crippen molar-refractivity contribution in [2.45, 2.75) is 6.54 Å². The molecule has 4 nitrogen and oxygen atoms in total. The minimum Gasteiger partial charge on any atom is -0.453 e. The average Bonchev–Trinajstić information content (AvgIpc) is 2.34. The second-order valence-corrected chi connectivity index (χ2v) is 3.05. The average molecular weight is 218 g/mol. The van der Waals surface area contributed by atoms with Crippen molar-refractivity contribution < 1.29 is 9.53 Å². The lowest BCUT2D eigenvalue weighted by atomic mass is 10.1. The number of rotatable bonds is 2. The molecule has 0 fully saturated rings. The third-order valence-electron chi connectivity index (χ3n) is 1.91. The van der Waals surface area contributed by atoms with Crippen molar-refractivity contribution in [2.75, 3.05) is 13.7 Å². The maximum atomic E-state index is 10.8. The van der Waals surface area contributed by atoms with Crippen molar-refractivity contribution >= 4 is 6.09 Å². The summed E-state index contributed by atoms with van der Waals surface area (Å²) in [4.78, 5) is 10.8. The van der Waals surface area contributed by atoms with Crippen LogP contribution in [0.2, 0.25) is 0 Å². The van der Waals surface area contributed by atoms with E-state index in [4.69, 9.17) is 5.73 Å². The van der Waals surface area contributed by atoms with Crippen LogP contribution in [0.15, 0.2) is 24.3 Å². The van der Waals surface area contributed by atoms with Gasteiger partial charge in [0.15, 0.2) is 0 Å². The lowest BCUT2D eigenvalue weighted by Crippen LogP contribution is -2.22. The van der Waals surface area contributed by atoms with E-state index in [1.165, 1.54) is 7.11 Å². The van der Waals surface area contributed by atoms with Crippen molar-refractivity contribution in [3.05, 3.63) is 35.4 Å². The Labute approximate surface area is 94.8 Å². The van der Waals surface area contributed by atoms with Gasteiger partial charge in [0.2, 0.25) is 0 Å². The number of carbonyl (C=O) groups excluding carboxylic acids is 1. The van der Waals surface area contributed by atoms with E-state index < -0.39 is 6.09 Å². The molecule has 0 heterocycles. The molecule has 1 amide bonds. The van der Waals surface area contributed by atoms with E-state index in [0.29, 0.717) is 13.1 Å². The van der Waals surface area contributed by atoms with Crippen molar-refractivity contribution in [1.82, 2.24) is 5.32 Å². The van der Waals surface area contributed by atoms with Gasteiger partial charge in [0, 0.05) is 12.1 Å². The summed E-state index contributed by atoms with van der Waals surface area (Å²) in [5.74, 6) is 5.69. The summed E-state index contributed by atoms with van der Waals surface area (Å²) in [5, 5.41) is 2.59. The molecule has 0 radical (unpaired) electrons. The molecule has 0 aromatic heterocycles. The highest BCUT2D eigenvalue weighted by Gasteiger charge is 1.98. The molecule has 0 unspecified atom stereocenters. The van der Waals surface area contributed by atoms with Crippen molar-refractivity contribution in [1.29, 1.82) is 0 Å². The monoisotopic (exact) mass is 218 g/mol. The first kappa shape index (κ1) is 12.1. The van der Waals surface area contributed by atoms with E-state index in [-0.39, 0.29) is 0 Å². The third kappa shape index (κ3) is 4.03. The van der Waals surface area contributed by atoms with Gasteiger partial charge in [-0.3, -0.25) is 0 Å². The van der Waals surface area contributed by atoms with Gasteiger partial charge in [-0.2, -0.15) is 0 Å². The Balaban J connectivity index is 2.54. The quantitative estimate of drug-likeness (QED) is 0.723. The Morgan fingerprint density at radius 3 is 2.69 bits per heavy atom. The van der Waals surface area contributed by atoms with Gasteiger partial charge in [-0.15, -0.1) is 0 Å². The van der Waals surface area contributed by atoms with E-state index in [2.05, 4.69) is 21.9 Å². The number of ether oxygens (including phenoxy) is 1. The molecule has 1 aromatic carbocycles. The topological polar surface area (TPSA) is 64.3 Å². The van der Waals surface area contributed by atoms with Gasteiger partial charge >= 0.3 is 6.09 Å². The molecule has 0 saturated carbocycles. The smallest absolute Gasteiger partial charge is 0.407 e. The molecule has 0 aliphatic heterocycles. The van der Waals surface area contributed by atoms with Gasteiger partial charge in [0.05, 0.1) is 13.7 Å². The fraction of sp³-hybridized carbons (Fsp3) is 0.250. The normalized spacial score (nSPS) is 8.88. The van der Waals surface area contributed by atoms with E-state index in [0.717, 1.165) is 11.1 Å². The van der Waals surface area contributed by atoms with Gasteiger partial charge < -0.3 is 15.8 Å². The molecule has 16 heavy (non-hydrogen) atoms. The van der Waals surface area contributed by atoms with Crippen LogP contribution in [0.3, 0.4) is 0 Å². The number of hydrogen-bond acceptors (Lipinski definition) is 3. The zero-order chi connectivity index (χ0) is 11.8. The number of nitrogens with one attached hydrogen (secondary N) is 1. The number of carbonyl (C=O) groups is 1. The zero-order valence-electron chi connectivity index (χ0n) is 9.12. The summed E-state index contributed by atoms with van der Waals surface area (Å²) >= 11 is 0. The Morgan fingerprint density at radius 1 is 1.44 bits per heavy atom. The van der Waals surface area contributed by atoms with Gasteiger partial charge in [-0.1, -0.05) is 24.0 Å². The Hall–Kier alpha value is -1.99. The SMILES string of the molecule is COC(=O)NCc1ccc(C#CCN)cc1. The minimum atomic E-state index is -0.438.